The molecule has 3 aromatic heterocycles. The summed E-state index contributed by atoms with van der Waals surface area (Å²) in [6.45, 7) is 0.943. The van der Waals surface area contributed by atoms with Crippen molar-refractivity contribution in [3.63, 3.8) is 0 Å². The van der Waals surface area contributed by atoms with Crippen LogP contribution >= 0.6 is 11.6 Å². The molecule has 1 atom stereocenters. The maximum Gasteiger partial charge on any atom is 0.237 e. The average molecular weight is 425 g/mol. The number of hydrogen-bond acceptors (Lipinski definition) is 5. The van der Waals surface area contributed by atoms with Crippen molar-refractivity contribution in [1.82, 2.24) is 25.6 Å². The van der Waals surface area contributed by atoms with Crippen LogP contribution in [0.25, 0.3) is 22.2 Å². The van der Waals surface area contributed by atoms with Crippen molar-refractivity contribution in [3.8, 4) is 11.1 Å². The van der Waals surface area contributed by atoms with E-state index >= 15 is 0 Å². The molecular formula is C22H25ClN6O. The summed E-state index contributed by atoms with van der Waals surface area (Å²) in [7, 11) is 0. The van der Waals surface area contributed by atoms with Gasteiger partial charge in [0.25, 0.3) is 0 Å². The molecule has 3 aromatic rings. The van der Waals surface area contributed by atoms with Gasteiger partial charge in [-0.25, -0.2) is 9.97 Å². The lowest BCUT2D eigenvalue weighted by Crippen LogP contribution is -2.55. The van der Waals surface area contributed by atoms with Crippen LogP contribution in [0.15, 0.2) is 36.7 Å². The number of carbonyl (C=O) groups excluding carboxylic acids is 1. The molecule has 2 aliphatic rings. The molecular weight excluding hydrogens is 400 g/mol. The van der Waals surface area contributed by atoms with Gasteiger partial charge in [0.1, 0.15) is 16.6 Å². The smallest absolute Gasteiger partial charge is 0.237 e. The van der Waals surface area contributed by atoms with E-state index in [1.807, 2.05) is 30.5 Å². The Hall–Kier alpha value is -2.64. The third kappa shape index (κ3) is 4.00. The molecule has 156 valence electrons. The fraction of sp³-hybridized carbons (Fsp3) is 0.409. The zero-order valence-electron chi connectivity index (χ0n) is 16.6. The number of rotatable bonds is 5. The highest BCUT2D eigenvalue weighted by Crippen LogP contribution is 2.31. The summed E-state index contributed by atoms with van der Waals surface area (Å²) in [6.07, 6.45) is 8.59. The Kier molecular flexibility index (Phi) is 5.31. The van der Waals surface area contributed by atoms with Crippen molar-refractivity contribution in [1.29, 1.82) is 0 Å². The minimum Gasteiger partial charge on any atom is -0.367 e. The second kappa shape index (κ2) is 8.24. The number of aromatic amines is 1. The molecule has 1 unspecified atom stereocenters. The number of H-pyrrole nitrogens is 1. The molecule has 30 heavy (non-hydrogen) atoms. The molecule has 7 nitrogen and oxygen atoms in total. The van der Waals surface area contributed by atoms with Crippen LogP contribution in [0.3, 0.4) is 0 Å². The van der Waals surface area contributed by atoms with Gasteiger partial charge in [-0.05, 0) is 68.5 Å². The van der Waals surface area contributed by atoms with Crippen molar-refractivity contribution in [2.24, 2.45) is 0 Å². The maximum atomic E-state index is 12.1. The van der Waals surface area contributed by atoms with Gasteiger partial charge in [-0.15, -0.1) is 0 Å². The van der Waals surface area contributed by atoms with Crippen LogP contribution in [0.1, 0.15) is 32.1 Å². The van der Waals surface area contributed by atoms with E-state index in [9.17, 15) is 4.79 Å². The molecule has 1 saturated heterocycles. The van der Waals surface area contributed by atoms with Crippen molar-refractivity contribution < 1.29 is 4.79 Å². The number of carbonyl (C=O) groups is 1. The minimum absolute atomic E-state index is 0.00893. The molecule has 1 amide bonds. The van der Waals surface area contributed by atoms with Gasteiger partial charge >= 0.3 is 0 Å². The predicted octanol–water partition coefficient (Wildman–Crippen LogP) is 3.48. The first-order valence-electron chi connectivity index (χ1n) is 10.6. The number of pyridine rings is 2. The van der Waals surface area contributed by atoms with E-state index < -0.39 is 0 Å². The predicted molar refractivity (Wildman–Crippen MR) is 119 cm³/mol. The number of nitrogens with zero attached hydrogens (tertiary/aromatic N) is 2. The molecule has 0 radical (unpaired) electrons. The molecule has 0 spiro atoms. The van der Waals surface area contributed by atoms with E-state index in [-0.39, 0.29) is 18.0 Å². The quantitative estimate of drug-likeness (QED) is 0.470. The molecule has 4 N–H and O–H groups in total. The molecule has 0 aromatic carbocycles. The highest BCUT2D eigenvalue weighted by Gasteiger charge is 2.28. The van der Waals surface area contributed by atoms with Crippen LogP contribution in [0.5, 0.6) is 0 Å². The molecule has 4 heterocycles. The highest BCUT2D eigenvalue weighted by molar-refractivity contribution is 6.29. The van der Waals surface area contributed by atoms with Crippen LogP contribution < -0.4 is 16.0 Å². The number of nitrogens with one attached hydrogen (secondary N) is 4. The Labute approximate surface area is 180 Å². The Morgan fingerprint density at radius 2 is 1.93 bits per heavy atom. The number of aromatic nitrogens is 3. The summed E-state index contributed by atoms with van der Waals surface area (Å²) in [6, 6.07) is 8.49. The third-order valence-electron chi connectivity index (χ3n) is 6.12. The maximum absolute atomic E-state index is 12.1. The summed E-state index contributed by atoms with van der Waals surface area (Å²) in [4.78, 5) is 24.2. The largest absolute Gasteiger partial charge is 0.367 e. The topological polar surface area (TPSA) is 94.7 Å². The van der Waals surface area contributed by atoms with Gasteiger partial charge in [0.05, 0.1) is 6.04 Å². The Morgan fingerprint density at radius 1 is 1.13 bits per heavy atom. The van der Waals surface area contributed by atoms with Gasteiger partial charge in [-0.1, -0.05) is 11.6 Å². The number of hydrogen-bond donors (Lipinski definition) is 4. The van der Waals surface area contributed by atoms with E-state index in [1.54, 1.807) is 6.20 Å². The fourth-order valence-electron chi connectivity index (χ4n) is 4.33. The lowest BCUT2D eigenvalue weighted by atomic mass is 9.90. The van der Waals surface area contributed by atoms with E-state index in [0.717, 1.165) is 66.6 Å². The van der Waals surface area contributed by atoms with E-state index in [0.29, 0.717) is 11.2 Å². The Balaban J connectivity index is 1.24. The second-order valence-electron chi connectivity index (χ2n) is 8.16. The fourth-order valence-corrected chi connectivity index (χ4v) is 4.54. The zero-order valence-corrected chi connectivity index (χ0v) is 17.4. The monoisotopic (exact) mass is 424 g/mol. The summed E-state index contributed by atoms with van der Waals surface area (Å²) in [5, 5.41) is 11.4. The number of halogens is 1. The van der Waals surface area contributed by atoms with Gasteiger partial charge < -0.3 is 20.9 Å². The Bertz CT molecular complexity index is 1050. The van der Waals surface area contributed by atoms with Crippen LogP contribution in [0.2, 0.25) is 5.15 Å². The van der Waals surface area contributed by atoms with Crippen molar-refractivity contribution in [3.05, 3.63) is 41.8 Å². The standard InChI is InChI=1S/C22H25ClN6O/c23-19-10-13(17-12-26-21-16(17)2-1-8-25-21)11-20(29-19)27-14-3-5-15(6-4-14)28-22(30)18-7-9-24-18/h1-2,8,10-12,14-15,18,24H,3-7,9H2,(H,25,26)(H,27,29)(H,28,30). The van der Waals surface area contributed by atoms with Crippen molar-refractivity contribution in [2.75, 3.05) is 11.9 Å². The third-order valence-corrected chi connectivity index (χ3v) is 6.32. The SMILES string of the molecule is O=C(NC1CCC(Nc2cc(-c3c[nH]c4ncccc34)cc(Cl)n2)CC1)C1CCN1. The number of fused-ring (bicyclic) bond motifs is 1. The Morgan fingerprint density at radius 3 is 2.70 bits per heavy atom. The van der Waals surface area contributed by atoms with Gasteiger partial charge in [0.2, 0.25) is 5.91 Å². The lowest BCUT2D eigenvalue weighted by molar-refractivity contribution is -0.125. The number of anilines is 1. The first kappa shape index (κ1) is 19.3. The van der Waals surface area contributed by atoms with Crippen molar-refractivity contribution >= 4 is 34.4 Å². The van der Waals surface area contributed by atoms with Crippen LogP contribution in [-0.4, -0.2) is 45.5 Å². The summed E-state index contributed by atoms with van der Waals surface area (Å²) in [5.74, 6) is 0.925. The van der Waals surface area contributed by atoms with E-state index in [1.165, 1.54) is 0 Å². The molecule has 2 fully saturated rings. The molecule has 1 aliphatic heterocycles. The van der Waals surface area contributed by atoms with Gasteiger partial charge in [0, 0.05) is 35.4 Å². The highest BCUT2D eigenvalue weighted by atomic mass is 35.5. The van der Waals surface area contributed by atoms with Gasteiger partial charge in [0.15, 0.2) is 0 Å². The summed E-state index contributed by atoms with van der Waals surface area (Å²) in [5.41, 5.74) is 2.92. The summed E-state index contributed by atoms with van der Waals surface area (Å²) < 4.78 is 0. The van der Waals surface area contributed by atoms with Crippen LogP contribution in [-0.2, 0) is 4.79 Å². The van der Waals surface area contributed by atoms with Gasteiger partial charge in [-0.2, -0.15) is 0 Å². The van der Waals surface area contributed by atoms with Crippen LogP contribution in [0.4, 0.5) is 5.82 Å². The average Bonchev–Trinajstić information content (AvgIpc) is 3.12. The lowest BCUT2D eigenvalue weighted by Gasteiger charge is -2.33. The first-order valence-corrected chi connectivity index (χ1v) is 10.9. The first-order chi connectivity index (χ1) is 14.7. The normalized spacial score (nSPS) is 23.7. The van der Waals surface area contributed by atoms with Crippen molar-refractivity contribution in [2.45, 2.75) is 50.2 Å². The molecule has 0 bridgehead atoms. The zero-order chi connectivity index (χ0) is 20.5. The van der Waals surface area contributed by atoms with Gasteiger partial charge in [-0.3, -0.25) is 4.79 Å². The minimum atomic E-state index is 0.00893. The molecule has 1 saturated carbocycles. The summed E-state index contributed by atoms with van der Waals surface area (Å²) >= 11 is 6.33. The van der Waals surface area contributed by atoms with E-state index in [4.69, 9.17) is 11.6 Å². The second-order valence-corrected chi connectivity index (χ2v) is 8.55. The van der Waals surface area contributed by atoms with E-state index in [2.05, 4.69) is 30.9 Å². The molecule has 5 rings (SSSR count). The molecule has 1 aliphatic carbocycles. The van der Waals surface area contributed by atoms with Crippen LogP contribution in [0, 0.1) is 0 Å². The number of amides is 1. The molecule has 8 heteroatoms.